The molecule has 1 aliphatic rings. The molecule has 1 aromatic heterocycles. The smallest absolute Gasteiger partial charge is 0.408 e. The number of aromatic nitrogens is 2. The van der Waals surface area contributed by atoms with E-state index in [-0.39, 0.29) is 12.5 Å². The minimum Gasteiger partial charge on any atom is -0.465 e. The number of benzene rings is 1. The van der Waals surface area contributed by atoms with Gasteiger partial charge in [-0.25, -0.2) is 4.79 Å². The lowest BCUT2D eigenvalue weighted by Gasteiger charge is -2.43. The van der Waals surface area contributed by atoms with Gasteiger partial charge < -0.3 is 10.0 Å². The van der Waals surface area contributed by atoms with E-state index in [0.717, 1.165) is 5.56 Å². The number of piperazine rings is 1. The van der Waals surface area contributed by atoms with Crippen molar-refractivity contribution in [3.8, 4) is 0 Å². The highest BCUT2D eigenvalue weighted by Gasteiger charge is 2.45. The van der Waals surface area contributed by atoms with Gasteiger partial charge in [-0.2, -0.15) is 5.10 Å². The van der Waals surface area contributed by atoms with Gasteiger partial charge >= 0.3 is 6.09 Å². The Bertz CT molecular complexity index is 754. The number of carboxylic acid groups (broad SMARTS) is 1. The minimum atomic E-state index is -1.09. The average Bonchev–Trinajstić information content (AvgIpc) is 2.98. The summed E-state index contributed by atoms with van der Waals surface area (Å²) in [5.41, 5.74) is 0.717. The van der Waals surface area contributed by atoms with Gasteiger partial charge in [0.15, 0.2) is 0 Å². The summed E-state index contributed by atoms with van der Waals surface area (Å²) in [6.45, 7) is 4.48. The molecule has 0 atom stereocenters. The second-order valence-corrected chi connectivity index (χ2v) is 6.33. The van der Waals surface area contributed by atoms with Crippen molar-refractivity contribution in [2.75, 3.05) is 18.0 Å². The Morgan fingerprint density at radius 2 is 1.96 bits per heavy atom. The molecular weight excluding hydrogens is 308 g/mol. The van der Waals surface area contributed by atoms with Crippen LogP contribution in [0.4, 0.5) is 10.5 Å². The molecule has 0 unspecified atom stereocenters. The lowest BCUT2D eigenvalue weighted by atomic mass is 9.98. The van der Waals surface area contributed by atoms with Crippen LogP contribution < -0.4 is 4.90 Å². The first-order valence-electron chi connectivity index (χ1n) is 7.78. The molecule has 0 saturated carbocycles. The zero-order chi connectivity index (χ0) is 17.3. The van der Waals surface area contributed by atoms with Gasteiger partial charge in [-0.3, -0.25) is 14.4 Å². The molecule has 1 fully saturated rings. The fourth-order valence-corrected chi connectivity index (χ4v) is 2.96. The predicted molar refractivity (Wildman–Crippen MR) is 88.9 cm³/mol. The molecule has 1 aliphatic heterocycles. The summed E-state index contributed by atoms with van der Waals surface area (Å²) >= 11 is 0. The van der Waals surface area contributed by atoms with Crippen molar-refractivity contribution >= 4 is 17.7 Å². The second kappa shape index (κ2) is 5.99. The van der Waals surface area contributed by atoms with Gasteiger partial charge in [-0.15, -0.1) is 0 Å². The molecule has 24 heavy (non-hydrogen) atoms. The van der Waals surface area contributed by atoms with Crippen molar-refractivity contribution in [3.63, 3.8) is 0 Å². The molecule has 1 saturated heterocycles. The van der Waals surface area contributed by atoms with Crippen LogP contribution >= 0.6 is 0 Å². The number of anilines is 1. The standard InChI is InChI=1S/C17H20N4O3/c1-17(2)15(22)20(8-9-21(17)16(23)24)14-10-18-19(12-14)11-13-6-4-3-5-7-13/h3-7,10,12H,8-9,11H2,1-2H3,(H,23,24). The normalized spacial score (nSPS) is 17.2. The first kappa shape index (κ1) is 16.0. The van der Waals surface area contributed by atoms with Gasteiger partial charge in [0, 0.05) is 19.3 Å². The molecule has 2 aromatic rings. The third kappa shape index (κ3) is 2.84. The van der Waals surface area contributed by atoms with Crippen LogP contribution in [0.25, 0.3) is 0 Å². The van der Waals surface area contributed by atoms with E-state index in [2.05, 4.69) is 5.10 Å². The van der Waals surface area contributed by atoms with Crippen LogP contribution in [0.3, 0.4) is 0 Å². The van der Waals surface area contributed by atoms with Gasteiger partial charge in [0.1, 0.15) is 5.54 Å². The molecule has 2 heterocycles. The van der Waals surface area contributed by atoms with Crippen molar-refractivity contribution < 1.29 is 14.7 Å². The quantitative estimate of drug-likeness (QED) is 0.935. The number of hydrogen-bond donors (Lipinski definition) is 1. The molecule has 7 nitrogen and oxygen atoms in total. The Morgan fingerprint density at radius 3 is 2.62 bits per heavy atom. The third-order valence-corrected chi connectivity index (χ3v) is 4.34. The monoisotopic (exact) mass is 328 g/mol. The highest BCUT2D eigenvalue weighted by molar-refractivity contribution is 6.02. The van der Waals surface area contributed by atoms with E-state index in [1.54, 1.807) is 29.6 Å². The van der Waals surface area contributed by atoms with E-state index < -0.39 is 11.6 Å². The summed E-state index contributed by atoms with van der Waals surface area (Å²) < 4.78 is 1.77. The Kier molecular flexibility index (Phi) is 4.01. The van der Waals surface area contributed by atoms with Crippen molar-refractivity contribution in [2.45, 2.75) is 25.9 Å². The molecule has 0 radical (unpaired) electrons. The van der Waals surface area contributed by atoms with Crippen LogP contribution in [0.15, 0.2) is 42.7 Å². The third-order valence-electron chi connectivity index (χ3n) is 4.34. The van der Waals surface area contributed by atoms with Crippen LogP contribution in [-0.2, 0) is 11.3 Å². The van der Waals surface area contributed by atoms with Crippen molar-refractivity contribution in [1.82, 2.24) is 14.7 Å². The van der Waals surface area contributed by atoms with E-state index in [4.69, 9.17) is 0 Å². The Morgan fingerprint density at radius 1 is 1.25 bits per heavy atom. The van der Waals surface area contributed by atoms with E-state index >= 15 is 0 Å². The van der Waals surface area contributed by atoms with Gasteiger partial charge in [-0.1, -0.05) is 30.3 Å². The van der Waals surface area contributed by atoms with Crippen LogP contribution in [0.1, 0.15) is 19.4 Å². The number of hydrogen-bond acceptors (Lipinski definition) is 3. The molecule has 2 amide bonds. The predicted octanol–water partition coefficient (Wildman–Crippen LogP) is 2.04. The largest absolute Gasteiger partial charge is 0.465 e. The fraction of sp³-hybridized carbons (Fsp3) is 0.353. The average molecular weight is 328 g/mol. The topological polar surface area (TPSA) is 78.7 Å². The highest BCUT2D eigenvalue weighted by atomic mass is 16.4. The SMILES string of the molecule is CC1(C)C(=O)N(c2cnn(Cc3ccccc3)c2)CCN1C(=O)O. The lowest BCUT2D eigenvalue weighted by Crippen LogP contribution is -2.64. The van der Waals surface area contributed by atoms with Gasteiger partial charge in [0.05, 0.1) is 18.4 Å². The molecule has 0 aliphatic carbocycles. The number of amides is 2. The number of carbonyl (C=O) groups excluding carboxylic acids is 1. The fourth-order valence-electron chi connectivity index (χ4n) is 2.96. The molecule has 126 valence electrons. The molecule has 1 aromatic carbocycles. The molecule has 0 spiro atoms. The van der Waals surface area contributed by atoms with Crippen molar-refractivity contribution in [3.05, 3.63) is 48.3 Å². The maximum atomic E-state index is 12.7. The van der Waals surface area contributed by atoms with Crippen molar-refractivity contribution in [1.29, 1.82) is 0 Å². The van der Waals surface area contributed by atoms with Crippen LogP contribution in [-0.4, -0.2) is 50.4 Å². The number of nitrogens with zero attached hydrogens (tertiary/aromatic N) is 4. The van der Waals surface area contributed by atoms with Crippen LogP contribution in [0, 0.1) is 0 Å². The van der Waals surface area contributed by atoms with E-state index in [0.29, 0.717) is 18.8 Å². The van der Waals surface area contributed by atoms with E-state index in [1.807, 2.05) is 36.5 Å². The Hall–Kier alpha value is -2.83. The van der Waals surface area contributed by atoms with Crippen molar-refractivity contribution in [2.24, 2.45) is 0 Å². The molecular formula is C17H20N4O3. The molecule has 3 rings (SSSR count). The first-order chi connectivity index (χ1) is 11.4. The molecule has 0 bridgehead atoms. The van der Waals surface area contributed by atoms with Gasteiger partial charge in [-0.05, 0) is 19.4 Å². The number of carbonyl (C=O) groups is 2. The van der Waals surface area contributed by atoms with Gasteiger partial charge in [0.25, 0.3) is 5.91 Å². The number of rotatable bonds is 3. The molecule has 1 N–H and O–H groups in total. The Balaban J connectivity index is 1.78. The highest BCUT2D eigenvalue weighted by Crippen LogP contribution is 2.27. The van der Waals surface area contributed by atoms with E-state index in [1.165, 1.54) is 4.90 Å². The zero-order valence-electron chi connectivity index (χ0n) is 13.7. The summed E-state index contributed by atoms with van der Waals surface area (Å²) in [6, 6.07) is 9.93. The maximum absolute atomic E-state index is 12.7. The summed E-state index contributed by atoms with van der Waals surface area (Å²) in [7, 11) is 0. The first-order valence-corrected chi connectivity index (χ1v) is 7.78. The molecule has 7 heteroatoms. The Labute approximate surface area is 140 Å². The summed E-state index contributed by atoms with van der Waals surface area (Å²) in [6.07, 6.45) is 2.39. The zero-order valence-corrected chi connectivity index (χ0v) is 13.7. The second-order valence-electron chi connectivity index (χ2n) is 6.33. The maximum Gasteiger partial charge on any atom is 0.408 e. The van der Waals surface area contributed by atoms with E-state index in [9.17, 15) is 14.7 Å². The van der Waals surface area contributed by atoms with Gasteiger partial charge in [0.2, 0.25) is 0 Å². The lowest BCUT2D eigenvalue weighted by molar-refractivity contribution is -0.130. The summed E-state index contributed by atoms with van der Waals surface area (Å²) in [5, 5.41) is 13.6. The minimum absolute atomic E-state index is 0.240. The van der Waals surface area contributed by atoms with Crippen LogP contribution in [0.2, 0.25) is 0 Å². The van der Waals surface area contributed by atoms with Crippen LogP contribution in [0.5, 0.6) is 0 Å². The summed E-state index contributed by atoms with van der Waals surface area (Å²) in [5.74, 6) is -0.240. The summed E-state index contributed by atoms with van der Waals surface area (Å²) in [4.78, 5) is 26.8.